The van der Waals surface area contributed by atoms with E-state index in [1.165, 1.54) is 6.92 Å². The van der Waals surface area contributed by atoms with Gasteiger partial charge in [0.2, 0.25) is 5.91 Å². The number of likely N-dealkylation sites (tertiary alicyclic amines) is 1. The number of carbonyl (C=O) groups excluding carboxylic acids is 2. The summed E-state index contributed by atoms with van der Waals surface area (Å²) in [5, 5.41) is 18.5. The third-order valence-corrected chi connectivity index (χ3v) is 7.05. The van der Waals surface area contributed by atoms with Crippen LogP contribution in [-0.4, -0.2) is 63.0 Å². The number of carbonyl (C=O) groups is 2. The molecule has 4 aromatic rings. The maximum atomic E-state index is 13.4. The summed E-state index contributed by atoms with van der Waals surface area (Å²) >= 11 is 6.00. The van der Waals surface area contributed by atoms with Crippen molar-refractivity contribution in [1.82, 2.24) is 25.2 Å². The number of nitrogens with one attached hydrogen (secondary N) is 3. The number of fused-ring (bicyclic) bond motifs is 1. The highest BCUT2D eigenvalue weighted by Crippen LogP contribution is 2.34. The van der Waals surface area contributed by atoms with E-state index in [9.17, 15) is 14.7 Å². The second kappa shape index (κ2) is 10.8. The minimum absolute atomic E-state index is 0.108. The number of benzene rings is 2. The predicted octanol–water partition coefficient (Wildman–Crippen LogP) is 3.95. The Bertz CT molecular complexity index is 1450. The molecule has 1 saturated heterocycles. The van der Waals surface area contributed by atoms with Gasteiger partial charge < -0.3 is 25.6 Å². The number of amides is 2. The fourth-order valence-electron chi connectivity index (χ4n) is 4.69. The molecule has 0 atom stereocenters. The lowest BCUT2D eigenvalue weighted by Gasteiger charge is -2.38. The molecule has 0 aliphatic carbocycles. The molecule has 0 unspecified atom stereocenters. The van der Waals surface area contributed by atoms with Crippen molar-refractivity contribution < 1.29 is 14.7 Å². The van der Waals surface area contributed by atoms with E-state index < -0.39 is 5.60 Å². The Morgan fingerprint density at radius 3 is 2.45 bits per heavy atom. The summed E-state index contributed by atoms with van der Waals surface area (Å²) in [6.07, 6.45) is 0.850. The van der Waals surface area contributed by atoms with Crippen LogP contribution in [0.1, 0.15) is 35.8 Å². The van der Waals surface area contributed by atoms with Crippen LogP contribution in [0.5, 0.6) is 0 Å². The maximum absolute atomic E-state index is 13.4. The number of hydrogen-bond acceptors (Lipinski definition) is 6. The van der Waals surface area contributed by atoms with Crippen molar-refractivity contribution in [2.75, 3.05) is 31.5 Å². The van der Waals surface area contributed by atoms with Crippen LogP contribution in [0.2, 0.25) is 5.02 Å². The van der Waals surface area contributed by atoms with Crippen LogP contribution in [0.15, 0.2) is 60.7 Å². The Balaban J connectivity index is 1.38. The minimum atomic E-state index is -0.997. The molecule has 3 heterocycles. The minimum Gasteiger partial charge on any atom is -0.385 e. The first-order chi connectivity index (χ1) is 18.3. The molecule has 0 radical (unpaired) electrons. The Morgan fingerprint density at radius 1 is 1.05 bits per heavy atom. The molecule has 5 rings (SSSR count). The molecule has 0 saturated carbocycles. The van der Waals surface area contributed by atoms with E-state index in [0.717, 1.165) is 11.1 Å². The van der Waals surface area contributed by atoms with Crippen molar-refractivity contribution in [3.63, 3.8) is 0 Å². The normalized spacial score (nSPS) is 14.9. The number of aromatic amines is 1. The standard InChI is InChI=1S/C28H29ClN6O3/c1-18(36)30-13-14-31-25-22-17-23(32-26(22)34-24(33-25)19-5-3-2-4-6-19)27(37)35-15-11-28(38,12-16-35)20-7-9-21(29)10-8-20/h2-10,17,38H,11-16H2,1H3,(H,30,36)(H2,31,32,33,34). The van der Waals surface area contributed by atoms with Gasteiger partial charge in [0.05, 0.1) is 11.0 Å². The first kappa shape index (κ1) is 25.7. The van der Waals surface area contributed by atoms with Gasteiger partial charge in [-0.15, -0.1) is 0 Å². The van der Waals surface area contributed by atoms with E-state index in [0.29, 0.717) is 72.4 Å². The third kappa shape index (κ3) is 5.49. The van der Waals surface area contributed by atoms with Crippen LogP contribution in [0.3, 0.4) is 0 Å². The molecule has 0 spiro atoms. The van der Waals surface area contributed by atoms with E-state index in [1.807, 2.05) is 42.5 Å². The molecule has 196 valence electrons. The molecule has 2 amide bonds. The second-order valence-electron chi connectivity index (χ2n) is 9.45. The van der Waals surface area contributed by atoms with Crippen LogP contribution in [0.4, 0.5) is 5.82 Å². The van der Waals surface area contributed by atoms with Crippen molar-refractivity contribution in [3.05, 3.63) is 76.9 Å². The lowest BCUT2D eigenvalue weighted by Crippen LogP contribution is -2.45. The molecular weight excluding hydrogens is 504 g/mol. The zero-order valence-electron chi connectivity index (χ0n) is 21.0. The maximum Gasteiger partial charge on any atom is 0.270 e. The monoisotopic (exact) mass is 532 g/mol. The molecule has 9 nitrogen and oxygen atoms in total. The van der Waals surface area contributed by atoms with Gasteiger partial charge in [-0.05, 0) is 36.6 Å². The number of aliphatic hydroxyl groups is 1. The number of piperidine rings is 1. The molecule has 10 heteroatoms. The first-order valence-electron chi connectivity index (χ1n) is 12.5. The Kier molecular flexibility index (Phi) is 7.31. The summed E-state index contributed by atoms with van der Waals surface area (Å²) in [4.78, 5) is 39.0. The van der Waals surface area contributed by atoms with Crippen LogP contribution < -0.4 is 10.6 Å². The molecule has 1 aliphatic rings. The van der Waals surface area contributed by atoms with Crippen LogP contribution >= 0.6 is 11.6 Å². The van der Waals surface area contributed by atoms with Crippen molar-refractivity contribution >= 4 is 40.3 Å². The van der Waals surface area contributed by atoms with Crippen molar-refractivity contribution in [2.24, 2.45) is 0 Å². The van der Waals surface area contributed by atoms with Gasteiger partial charge in [-0.3, -0.25) is 9.59 Å². The number of halogens is 1. The van der Waals surface area contributed by atoms with Gasteiger partial charge in [0.15, 0.2) is 5.82 Å². The van der Waals surface area contributed by atoms with E-state index >= 15 is 0 Å². The molecule has 4 N–H and O–H groups in total. The topological polar surface area (TPSA) is 123 Å². The summed E-state index contributed by atoms with van der Waals surface area (Å²) in [5.74, 6) is 0.826. The summed E-state index contributed by atoms with van der Waals surface area (Å²) in [5.41, 5.74) is 1.60. The summed E-state index contributed by atoms with van der Waals surface area (Å²) in [6.45, 7) is 3.19. The fourth-order valence-corrected chi connectivity index (χ4v) is 4.82. The molecule has 2 aromatic carbocycles. The quantitative estimate of drug-likeness (QED) is 0.267. The van der Waals surface area contributed by atoms with E-state index in [-0.39, 0.29) is 11.8 Å². The number of hydrogen-bond donors (Lipinski definition) is 4. The number of rotatable bonds is 7. The molecule has 0 bridgehead atoms. The highest BCUT2D eigenvalue weighted by molar-refractivity contribution is 6.30. The molecule has 1 aliphatic heterocycles. The van der Waals surface area contributed by atoms with E-state index in [4.69, 9.17) is 16.6 Å². The molecular formula is C28H29ClN6O3. The SMILES string of the molecule is CC(=O)NCCNc1nc(-c2ccccc2)nc2[nH]c(C(=O)N3CCC(O)(c4ccc(Cl)cc4)CC3)cc12. The predicted molar refractivity (Wildman–Crippen MR) is 147 cm³/mol. The van der Waals surface area contributed by atoms with Gasteiger partial charge in [-0.25, -0.2) is 9.97 Å². The summed E-state index contributed by atoms with van der Waals surface area (Å²) in [7, 11) is 0. The van der Waals surface area contributed by atoms with Gasteiger partial charge in [0, 0.05) is 43.7 Å². The third-order valence-electron chi connectivity index (χ3n) is 6.80. The van der Waals surface area contributed by atoms with Crippen LogP contribution in [-0.2, 0) is 10.4 Å². The summed E-state index contributed by atoms with van der Waals surface area (Å²) in [6, 6.07) is 18.6. The zero-order chi connectivity index (χ0) is 26.7. The largest absolute Gasteiger partial charge is 0.385 e. The van der Waals surface area contributed by atoms with E-state index in [2.05, 4.69) is 20.6 Å². The van der Waals surface area contributed by atoms with Gasteiger partial charge >= 0.3 is 0 Å². The Morgan fingerprint density at radius 2 is 1.76 bits per heavy atom. The zero-order valence-corrected chi connectivity index (χ0v) is 21.8. The number of aromatic nitrogens is 3. The highest BCUT2D eigenvalue weighted by Gasteiger charge is 2.36. The van der Waals surface area contributed by atoms with Crippen molar-refractivity contribution in [2.45, 2.75) is 25.4 Å². The molecule has 38 heavy (non-hydrogen) atoms. The van der Waals surface area contributed by atoms with Crippen molar-refractivity contribution in [1.29, 1.82) is 0 Å². The molecule has 2 aromatic heterocycles. The van der Waals surface area contributed by atoms with Gasteiger partial charge in [0.25, 0.3) is 5.91 Å². The first-order valence-corrected chi connectivity index (χ1v) is 12.9. The van der Waals surface area contributed by atoms with Crippen molar-refractivity contribution in [3.8, 4) is 11.4 Å². The lowest BCUT2D eigenvalue weighted by atomic mass is 9.84. The average molecular weight is 533 g/mol. The Hall–Kier alpha value is -3.95. The number of anilines is 1. The van der Waals surface area contributed by atoms with E-state index in [1.54, 1.807) is 23.1 Å². The highest BCUT2D eigenvalue weighted by atomic mass is 35.5. The van der Waals surface area contributed by atoms with Gasteiger partial charge in [-0.1, -0.05) is 54.1 Å². The van der Waals surface area contributed by atoms with Gasteiger partial charge in [-0.2, -0.15) is 0 Å². The fraction of sp³-hybridized carbons (Fsp3) is 0.286. The van der Waals surface area contributed by atoms with Crippen LogP contribution in [0, 0.1) is 0 Å². The smallest absolute Gasteiger partial charge is 0.270 e. The lowest BCUT2D eigenvalue weighted by molar-refractivity contribution is -0.118. The molecule has 1 fully saturated rings. The van der Waals surface area contributed by atoms with Crippen LogP contribution in [0.25, 0.3) is 22.4 Å². The number of H-pyrrole nitrogens is 1. The average Bonchev–Trinajstić information content (AvgIpc) is 3.36. The number of nitrogens with zero attached hydrogens (tertiary/aromatic N) is 3. The summed E-state index contributed by atoms with van der Waals surface area (Å²) < 4.78 is 0. The van der Waals surface area contributed by atoms with Gasteiger partial charge in [0.1, 0.15) is 17.2 Å². The second-order valence-corrected chi connectivity index (χ2v) is 9.88. The Labute approximate surface area is 225 Å².